The standard InChI is InChI=1S/C18H18FN3O2/c1-18(13-9-12(17(21)23)7-8-14(13)19)10-24-15(16(20)22-18)11-5-3-2-4-6-11/h2-9,15H,10H2,1H3,(H2,20,22)(H2,21,23)/t15-,18-/m0/s1. The van der Waals surface area contributed by atoms with Crippen molar-refractivity contribution in [1.82, 2.24) is 0 Å². The normalized spacial score (nSPS) is 23.6. The van der Waals surface area contributed by atoms with E-state index in [9.17, 15) is 9.18 Å². The number of benzene rings is 2. The molecule has 2 aromatic rings. The van der Waals surface area contributed by atoms with Crippen LogP contribution < -0.4 is 11.5 Å². The minimum atomic E-state index is -1.02. The summed E-state index contributed by atoms with van der Waals surface area (Å²) in [6.45, 7) is 1.84. The predicted octanol–water partition coefficient (Wildman–Crippen LogP) is 2.27. The molecule has 24 heavy (non-hydrogen) atoms. The van der Waals surface area contributed by atoms with Crippen molar-refractivity contribution in [3.05, 3.63) is 71.0 Å². The Bertz CT molecular complexity index is 807. The minimum absolute atomic E-state index is 0.131. The highest BCUT2D eigenvalue weighted by atomic mass is 19.1. The van der Waals surface area contributed by atoms with Gasteiger partial charge in [0.15, 0.2) is 0 Å². The lowest BCUT2D eigenvalue weighted by atomic mass is 9.90. The Labute approximate surface area is 139 Å². The topological polar surface area (TPSA) is 90.7 Å². The Kier molecular flexibility index (Phi) is 4.07. The van der Waals surface area contributed by atoms with E-state index in [1.54, 1.807) is 6.92 Å². The molecule has 2 atom stereocenters. The van der Waals surface area contributed by atoms with Gasteiger partial charge in [-0.15, -0.1) is 0 Å². The summed E-state index contributed by atoms with van der Waals surface area (Å²) in [5, 5.41) is 0. The van der Waals surface area contributed by atoms with E-state index in [1.165, 1.54) is 18.2 Å². The maximum absolute atomic E-state index is 14.3. The third-order valence-corrected chi connectivity index (χ3v) is 4.11. The minimum Gasteiger partial charge on any atom is -0.385 e. The number of nitrogens with zero attached hydrogens (tertiary/aromatic N) is 1. The highest BCUT2D eigenvalue weighted by Gasteiger charge is 2.37. The smallest absolute Gasteiger partial charge is 0.248 e. The van der Waals surface area contributed by atoms with Crippen molar-refractivity contribution in [2.45, 2.75) is 18.6 Å². The monoisotopic (exact) mass is 327 g/mol. The largest absolute Gasteiger partial charge is 0.385 e. The zero-order valence-corrected chi connectivity index (χ0v) is 13.2. The van der Waals surface area contributed by atoms with Gasteiger partial charge in [0, 0.05) is 11.1 Å². The van der Waals surface area contributed by atoms with E-state index < -0.39 is 23.4 Å². The summed E-state index contributed by atoms with van der Waals surface area (Å²) in [4.78, 5) is 15.8. The number of halogens is 1. The van der Waals surface area contributed by atoms with Crippen LogP contribution >= 0.6 is 0 Å². The molecule has 0 saturated heterocycles. The van der Waals surface area contributed by atoms with Crippen LogP contribution in [0.2, 0.25) is 0 Å². The van der Waals surface area contributed by atoms with Gasteiger partial charge in [-0.3, -0.25) is 9.79 Å². The fourth-order valence-electron chi connectivity index (χ4n) is 2.83. The molecule has 1 heterocycles. The number of rotatable bonds is 3. The van der Waals surface area contributed by atoms with Crippen molar-refractivity contribution in [2.24, 2.45) is 16.5 Å². The van der Waals surface area contributed by atoms with Crippen molar-refractivity contribution in [1.29, 1.82) is 0 Å². The Hall–Kier alpha value is -2.73. The fourth-order valence-corrected chi connectivity index (χ4v) is 2.83. The second-order valence-electron chi connectivity index (χ2n) is 5.97. The molecule has 0 spiro atoms. The third kappa shape index (κ3) is 2.88. The van der Waals surface area contributed by atoms with Crippen LogP contribution in [0.4, 0.5) is 4.39 Å². The first-order valence-corrected chi connectivity index (χ1v) is 7.52. The SMILES string of the molecule is C[C@@]1(c2cc(C(N)=O)ccc2F)CO[C@@H](c2ccccc2)C(N)=N1. The third-order valence-electron chi connectivity index (χ3n) is 4.11. The number of carbonyl (C=O) groups excluding carboxylic acids is 1. The average molecular weight is 327 g/mol. The number of ether oxygens (including phenoxy) is 1. The average Bonchev–Trinajstić information content (AvgIpc) is 2.55. The molecule has 1 amide bonds. The van der Waals surface area contributed by atoms with Crippen LogP contribution in [0.15, 0.2) is 53.5 Å². The molecular weight excluding hydrogens is 309 g/mol. The van der Waals surface area contributed by atoms with Crippen LogP contribution in [-0.4, -0.2) is 18.3 Å². The van der Waals surface area contributed by atoms with Crippen molar-refractivity contribution < 1.29 is 13.9 Å². The number of aliphatic imine (C=N–C) groups is 1. The van der Waals surface area contributed by atoms with Crippen molar-refractivity contribution in [3.63, 3.8) is 0 Å². The maximum Gasteiger partial charge on any atom is 0.248 e. The number of primary amides is 1. The molecule has 5 nitrogen and oxygen atoms in total. The van der Waals surface area contributed by atoms with E-state index in [-0.39, 0.29) is 23.6 Å². The summed E-state index contributed by atoms with van der Waals surface area (Å²) in [6.07, 6.45) is -0.471. The first-order chi connectivity index (χ1) is 11.4. The van der Waals surface area contributed by atoms with Gasteiger partial charge in [0.25, 0.3) is 0 Å². The number of hydrogen-bond donors (Lipinski definition) is 2. The number of amidine groups is 1. The predicted molar refractivity (Wildman–Crippen MR) is 89.0 cm³/mol. The molecule has 1 aliphatic heterocycles. The molecule has 0 aromatic heterocycles. The second kappa shape index (κ2) is 6.05. The van der Waals surface area contributed by atoms with Crippen molar-refractivity contribution in [2.75, 3.05) is 6.61 Å². The quantitative estimate of drug-likeness (QED) is 0.906. The molecule has 0 unspecified atom stereocenters. The molecule has 0 aliphatic carbocycles. The van der Waals surface area contributed by atoms with Crippen LogP contribution in [0.3, 0.4) is 0 Å². The van der Waals surface area contributed by atoms with Crippen LogP contribution in [0.5, 0.6) is 0 Å². The number of amides is 1. The first-order valence-electron chi connectivity index (χ1n) is 7.52. The molecule has 1 aliphatic rings. The Morgan fingerprint density at radius 2 is 2.00 bits per heavy atom. The zero-order chi connectivity index (χ0) is 17.3. The van der Waals surface area contributed by atoms with Crippen LogP contribution in [0.1, 0.15) is 34.5 Å². The molecule has 124 valence electrons. The van der Waals surface area contributed by atoms with E-state index in [4.69, 9.17) is 16.2 Å². The molecule has 4 N–H and O–H groups in total. The van der Waals surface area contributed by atoms with Crippen molar-refractivity contribution >= 4 is 11.7 Å². The van der Waals surface area contributed by atoms with Gasteiger partial charge in [-0.2, -0.15) is 0 Å². The van der Waals surface area contributed by atoms with E-state index >= 15 is 0 Å². The molecule has 0 bridgehead atoms. The van der Waals surface area contributed by atoms with Gasteiger partial charge in [-0.05, 0) is 30.7 Å². The Morgan fingerprint density at radius 1 is 1.29 bits per heavy atom. The van der Waals surface area contributed by atoms with E-state index in [0.717, 1.165) is 5.56 Å². The van der Waals surface area contributed by atoms with Gasteiger partial charge in [-0.25, -0.2) is 4.39 Å². The summed E-state index contributed by atoms with van der Waals surface area (Å²) in [5.74, 6) is -0.852. The zero-order valence-electron chi connectivity index (χ0n) is 13.2. The van der Waals surface area contributed by atoms with Gasteiger partial charge < -0.3 is 16.2 Å². The van der Waals surface area contributed by atoms with E-state index in [0.29, 0.717) is 0 Å². The summed E-state index contributed by atoms with van der Waals surface area (Å²) in [6, 6.07) is 13.4. The molecular formula is C18H18FN3O2. The lowest BCUT2D eigenvalue weighted by molar-refractivity contribution is 0.0436. The highest BCUT2D eigenvalue weighted by Crippen LogP contribution is 2.35. The van der Waals surface area contributed by atoms with Gasteiger partial charge in [0.2, 0.25) is 5.91 Å². The molecule has 0 fully saturated rings. The molecule has 0 saturated carbocycles. The van der Waals surface area contributed by atoms with Gasteiger partial charge >= 0.3 is 0 Å². The Morgan fingerprint density at radius 3 is 2.62 bits per heavy atom. The molecule has 2 aromatic carbocycles. The first kappa shape index (κ1) is 16.1. The molecule has 0 radical (unpaired) electrons. The van der Waals surface area contributed by atoms with Crippen LogP contribution in [-0.2, 0) is 10.3 Å². The molecule has 3 rings (SSSR count). The summed E-state index contributed by atoms with van der Waals surface area (Å²) >= 11 is 0. The lowest BCUT2D eigenvalue weighted by Crippen LogP contribution is -2.40. The molecule has 6 heteroatoms. The number of carbonyl (C=O) groups is 1. The Balaban J connectivity index is 2.00. The highest BCUT2D eigenvalue weighted by molar-refractivity contribution is 5.93. The summed E-state index contributed by atoms with van der Waals surface area (Å²) < 4.78 is 20.2. The van der Waals surface area contributed by atoms with Crippen LogP contribution in [0.25, 0.3) is 0 Å². The van der Waals surface area contributed by atoms with E-state index in [2.05, 4.69) is 4.99 Å². The number of nitrogens with two attached hydrogens (primary N) is 2. The van der Waals surface area contributed by atoms with E-state index in [1.807, 2.05) is 30.3 Å². The summed E-state index contributed by atoms with van der Waals surface area (Å²) in [5.41, 5.74) is 11.7. The van der Waals surface area contributed by atoms with Gasteiger partial charge in [-0.1, -0.05) is 30.3 Å². The maximum atomic E-state index is 14.3. The van der Waals surface area contributed by atoms with Crippen LogP contribution in [0, 0.1) is 5.82 Å². The van der Waals surface area contributed by atoms with Gasteiger partial charge in [0.1, 0.15) is 23.3 Å². The van der Waals surface area contributed by atoms with Gasteiger partial charge in [0.05, 0.1) is 6.61 Å². The lowest BCUT2D eigenvalue weighted by Gasteiger charge is -2.34. The van der Waals surface area contributed by atoms with Crippen molar-refractivity contribution in [3.8, 4) is 0 Å². The second-order valence-corrected chi connectivity index (χ2v) is 5.97. The fraction of sp³-hybridized carbons (Fsp3) is 0.222. The summed E-state index contributed by atoms with van der Waals surface area (Å²) in [7, 11) is 0. The number of hydrogen-bond acceptors (Lipinski definition) is 4.